The van der Waals surface area contributed by atoms with Gasteiger partial charge < -0.3 is 9.72 Å². The van der Waals surface area contributed by atoms with Gasteiger partial charge in [-0.1, -0.05) is 12.1 Å². The summed E-state index contributed by atoms with van der Waals surface area (Å²) in [6, 6.07) is 13.2. The number of hydrogen-bond acceptors (Lipinski definition) is 5. The Balaban J connectivity index is 1.18. The number of ketones is 1. The number of anilines is 1. The number of carbonyl (C=O) groups excluding carboxylic acids is 2. The monoisotopic (exact) mass is 518 g/mol. The van der Waals surface area contributed by atoms with Crippen LogP contribution >= 0.6 is 22.6 Å². The van der Waals surface area contributed by atoms with E-state index in [9.17, 15) is 9.59 Å². The van der Waals surface area contributed by atoms with Gasteiger partial charge in [-0.15, -0.1) is 0 Å². The van der Waals surface area contributed by atoms with E-state index in [0.29, 0.717) is 18.8 Å². The molecule has 0 spiro atoms. The molecule has 156 valence electrons. The number of aromatic nitrogens is 2. The molecule has 2 N–H and O–H groups in total. The van der Waals surface area contributed by atoms with Crippen molar-refractivity contribution < 1.29 is 14.3 Å². The van der Waals surface area contributed by atoms with Gasteiger partial charge >= 0.3 is 6.09 Å². The highest BCUT2D eigenvalue weighted by Crippen LogP contribution is 2.22. The van der Waals surface area contributed by atoms with Crippen molar-refractivity contribution >= 4 is 51.2 Å². The summed E-state index contributed by atoms with van der Waals surface area (Å²) in [7, 11) is 0. The maximum Gasteiger partial charge on any atom is 0.411 e. The molecule has 2 aromatic carbocycles. The molecule has 1 saturated heterocycles. The minimum absolute atomic E-state index is 0.0717. The van der Waals surface area contributed by atoms with Crippen molar-refractivity contribution in [2.45, 2.75) is 12.8 Å². The molecule has 0 radical (unpaired) electrons. The van der Waals surface area contributed by atoms with Gasteiger partial charge in [-0.25, -0.2) is 9.78 Å². The number of halogens is 1. The number of likely N-dealkylation sites (tertiary alicyclic amines) is 1. The first-order chi connectivity index (χ1) is 14.6. The summed E-state index contributed by atoms with van der Waals surface area (Å²) < 4.78 is 6.44. The average Bonchev–Trinajstić information content (AvgIpc) is 3.22. The van der Waals surface area contributed by atoms with Crippen LogP contribution < -0.4 is 5.32 Å². The number of Topliss-reactive ketones (excluding diaryl/α,β-unsaturated/α-hetero) is 1. The van der Waals surface area contributed by atoms with Crippen LogP contribution in [0.4, 0.5) is 10.5 Å². The summed E-state index contributed by atoms with van der Waals surface area (Å²) >= 11 is 2.24. The lowest BCUT2D eigenvalue weighted by atomic mass is 9.89. The third-order valence-corrected chi connectivity index (χ3v) is 6.11. The molecule has 0 unspecified atom stereocenters. The van der Waals surface area contributed by atoms with Crippen LogP contribution in [-0.4, -0.2) is 53.0 Å². The third-order valence-electron chi connectivity index (χ3n) is 5.40. The Morgan fingerprint density at radius 1 is 1.17 bits per heavy atom. The van der Waals surface area contributed by atoms with Gasteiger partial charge in [-0.3, -0.25) is 15.0 Å². The number of ether oxygens (including phenoxy) is 1. The van der Waals surface area contributed by atoms with E-state index in [1.807, 2.05) is 30.3 Å². The molecule has 1 aliphatic heterocycles. The lowest BCUT2D eigenvalue weighted by Gasteiger charge is -2.31. The van der Waals surface area contributed by atoms with E-state index in [0.717, 1.165) is 46.1 Å². The van der Waals surface area contributed by atoms with Crippen LogP contribution in [0.2, 0.25) is 0 Å². The molecule has 1 amide bonds. The molecule has 4 rings (SSSR count). The van der Waals surface area contributed by atoms with E-state index < -0.39 is 6.09 Å². The summed E-state index contributed by atoms with van der Waals surface area (Å²) in [5.74, 6) is 0.304. The Labute approximate surface area is 188 Å². The molecule has 0 atom stereocenters. The summed E-state index contributed by atoms with van der Waals surface area (Å²) in [4.78, 5) is 34.1. The van der Waals surface area contributed by atoms with Crippen LogP contribution in [0.3, 0.4) is 0 Å². The van der Waals surface area contributed by atoms with Crippen molar-refractivity contribution in [3.05, 3.63) is 57.9 Å². The average molecular weight is 518 g/mol. The van der Waals surface area contributed by atoms with Gasteiger partial charge in [-0.05, 0) is 78.9 Å². The van der Waals surface area contributed by atoms with Gasteiger partial charge in [0.15, 0.2) is 5.78 Å². The zero-order valence-electron chi connectivity index (χ0n) is 16.4. The van der Waals surface area contributed by atoms with Gasteiger partial charge in [0, 0.05) is 27.3 Å². The normalized spacial score (nSPS) is 15.2. The van der Waals surface area contributed by atoms with Gasteiger partial charge in [-0.2, -0.15) is 0 Å². The Bertz CT molecular complexity index is 1030. The van der Waals surface area contributed by atoms with E-state index in [1.165, 1.54) is 0 Å². The molecule has 3 aromatic rings. The summed E-state index contributed by atoms with van der Waals surface area (Å²) in [6.45, 7) is 2.64. The number of hydrogen-bond donors (Lipinski definition) is 2. The summed E-state index contributed by atoms with van der Waals surface area (Å²) in [6.07, 6.45) is 2.81. The standard InChI is InChI=1S/C22H23IN4O3/c23-17-3-1-15(2-4-17)21(28)16-7-9-27(10-8-16)11-12-30-22(29)26-18-5-6-19-20(13-18)25-14-24-19/h1-6,13-14,16H,7-12H2,(H,24,25)(H,26,29). The maximum absolute atomic E-state index is 12.7. The SMILES string of the molecule is O=C(Nc1ccc2[nH]cnc2c1)OCCN1CCC(C(=O)c2ccc(I)cc2)CC1. The van der Waals surface area contributed by atoms with Crippen molar-refractivity contribution in [2.75, 3.05) is 31.6 Å². The second kappa shape index (κ2) is 9.57. The van der Waals surface area contributed by atoms with E-state index in [-0.39, 0.29) is 11.7 Å². The number of nitrogens with one attached hydrogen (secondary N) is 2. The number of rotatable bonds is 6. The van der Waals surface area contributed by atoms with Crippen molar-refractivity contribution in [2.24, 2.45) is 5.92 Å². The van der Waals surface area contributed by atoms with Crippen LogP contribution in [0.5, 0.6) is 0 Å². The molecule has 0 aliphatic carbocycles. The number of carbonyl (C=O) groups is 2. The van der Waals surface area contributed by atoms with Crippen LogP contribution in [-0.2, 0) is 4.74 Å². The van der Waals surface area contributed by atoms with Gasteiger partial charge in [0.1, 0.15) is 6.61 Å². The molecule has 8 heteroatoms. The molecule has 1 aliphatic rings. The first kappa shape index (κ1) is 20.8. The highest BCUT2D eigenvalue weighted by atomic mass is 127. The number of benzene rings is 2. The Morgan fingerprint density at radius 3 is 2.70 bits per heavy atom. The van der Waals surface area contributed by atoms with E-state index in [2.05, 4.69) is 42.8 Å². The maximum atomic E-state index is 12.7. The predicted octanol–water partition coefficient (Wildman–Crippen LogP) is 4.31. The second-order valence-electron chi connectivity index (χ2n) is 7.38. The molecular formula is C22H23IN4O3. The van der Waals surface area contributed by atoms with Crippen molar-refractivity contribution in [1.29, 1.82) is 0 Å². The van der Waals surface area contributed by atoms with E-state index >= 15 is 0 Å². The number of aromatic amines is 1. The van der Waals surface area contributed by atoms with E-state index in [1.54, 1.807) is 18.5 Å². The molecule has 0 bridgehead atoms. The number of piperidine rings is 1. The van der Waals surface area contributed by atoms with Gasteiger partial charge in [0.05, 0.1) is 17.4 Å². The number of amides is 1. The van der Waals surface area contributed by atoms with Crippen molar-refractivity contribution in [3.63, 3.8) is 0 Å². The molecular weight excluding hydrogens is 495 g/mol. The quantitative estimate of drug-likeness (QED) is 0.375. The molecule has 7 nitrogen and oxygen atoms in total. The zero-order chi connectivity index (χ0) is 20.9. The Kier molecular flexibility index (Phi) is 6.63. The minimum Gasteiger partial charge on any atom is -0.448 e. The number of imidazole rings is 1. The highest BCUT2D eigenvalue weighted by Gasteiger charge is 2.25. The second-order valence-corrected chi connectivity index (χ2v) is 8.63. The fourth-order valence-corrected chi connectivity index (χ4v) is 4.06. The highest BCUT2D eigenvalue weighted by molar-refractivity contribution is 14.1. The van der Waals surface area contributed by atoms with Gasteiger partial charge in [0.2, 0.25) is 0 Å². The number of nitrogens with zero attached hydrogens (tertiary/aromatic N) is 2. The van der Waals surface area contributed by atoms with E-state index in [4.69, 9.17) is 4.74 Å². The number of fused-ring (bicyclic) bond motifs is 1. The fourth-order valence-electron chi connectivity index (χ4n) is 3.70. The molecule has 1 aromatic heterocycles. The summed E-state index contributed by atoms with van der Waals surface area (Å²) in [5, 5.41) is 2.73. The topological polar surface area (TPSA) is 87.3 Å². The Hall–Kier alpha value is -2.46. The molecule has 30 heavy (non-hydrogen) atoms. The smallest absolute Gasteiger partial charge is 0.411 e. The Morgan fingerprint density at radius 2 is 1.93 bits per heavy atom. The largest absolute Gasteiger partial charge is 0.448 e. The molecule has 1 fully saturated rings. The van der Waals surface area contributed by atoms with Crippen LogP contribution in [0, 0.1) is 9.49 Å². The van der Waals surface area contributed by atoms with Crippen molar-refractivity contribution in [1.82, 2.24) is 14.9 Å². The first-order valence-corrected chi connectivity index (χ1v) is 11.1. The van der Waals surface area contributed by atoms with Crippen LogP contribution in [0.15, 0.2) is 48.8 Å². The van der Waals surface area contributed by atoms with Gasteiger partial charge in [0.25, 0.3) is 0 Å². The third kappa shape index (κ3) is 5.17. The summed E-state index contributed by atoms with van der Waals surface area (Å²) in [5.41, 5.74) is 3.14. The number of H-pyrrole nitrogens is 1. The molecule has 0 saturated carbocycles. The first-order valence-electron chi connectivity index (χ1n) is 9.97. The van der Waals surface area contributed by atoms with Crippen LogP contribution in [0.25, 0.3) is 11.0 Å². The van der Waals surface area contributed by atoms with Crippen molar-refractivity contribution in [3.8, 4) is 0 Å². The molecule has 2 heterocycles. The fraction of sp³-hybridized carbons (Fsp3) is 0.318. The predicted molar refractivity (Wildman–Crippen MR) is 124 cm³/mol. The lowest BCUT2D eigenvalue weighted by molar-refractivity contribution is 0.0813. The zero-order valence-corrected chi connectivity index (χ0v) is 18.6. The van der Waals surface area contributed by atoms with Crippen LogP contribution in [0.1, 0.15) is 23.2 Å². The lowest BCUT2D eigenvalue weighted by Crippen LogP contribution is -2.38. The minimum atomic E-state index is -0.478.